The van der Waals surface area contributed by atoms with Crippen LogP contribution < -0.4 is 9.47 Å². The van der Waals surface area contributed by atoms with Gasteiger partial charge in [-0.2, -0.15) is 0 Å². The first-order valence-corrected chi connectivity index (χ1v) is 10.2. The van der Waals surface area contributed by atoms with E-state index in [4.69, 9.17) is 23.7 Å². The molecule has 6 aliphatic rings. The van der Waals surface area contributed by atoms with Crippen LogP contribution in [0.3, 0.4) is 0 Å². The number of amides is 1. The van der Waals surface area contributed by atoms with E-state index in [2.05, 4.69) is 11.0 Å². The molecule has 7 heteroatoms. The number of carbonyl (C=O) groups excluding carboxylic acids is 1. The maximum atomic E-state index is 12.6. The maximum absolute atomic E-state index is 12.6. The van der Waals surface area contributed by atoms with E-state index in [1.165, 1.54) is 11.1 Å². The zero-order valence-electron chi connectivity index (χ0n) is 15.9. The normalized spacial score (nSPS) is 41.0. The van der Waals surface area contributed by atoms with Gasteiger partial charge in [0, 0.05) is 18.5 Å². The molecule has 7 rings (SSSR count). The molecule has 0 N–H and O–H groups in total. The lowest BCUT2D eigenvalue weighted by Crippen LogP contribution is -2.82. The number of morpholine rings is 1. The fourth-order valence-electron chi connectivity index (χ4n) is 7.26. The van der Waals surface area contributed by atoms with Gasteiger partial charge in [0.05, 0.1) is 31.8 Å². The van der Waals surface area contributed by atoms with Gasteiger partial charge in [-0.25, -0.2) is 0 Å². The first-order valence-electron chi connectivity index (χ1n) is 10.2. The number of hydrogen-bond donors (Lipinski definition) is 0. The Labute approximate surface area is 162 Å². The molecule has 148 valence electrons. The molecule has 0 aromatic heterocycles. The summed E-state index contributed by atoms with van der Waals surface area (Å²) in [6.45, 7) is 2.03. The summed E-state index contributed by atoms with van der Waals surface area (Å²) in [5.41, 5.74) is 1.61. The van der Waals surface area contributed by atoms with Crippen molar-refractivity contribution in [2.45, 2.75) is 54.6 Å². The Balaban J connectivity index is 1.54. The minimum absolute atomic E-state index is 0.0409. The molecule has 7 nitrogen and oxygen atoms in total. The van der Waals surface area contributed by atoms with Crippen molar-refractivity contribution < 1.29 is 28.5 Å². The Morgan fingerprint density at radius 2 is 2.00 bits per heavy atom. The Morgan fingerprint density at radius 1 is 1.14 bits per heavy atom. The molecule has 4 bridgehead atoms. The molecule has 3 spiro atoms. The van der Waals surface area contributed by atoms with Gasteiger partial charge in [-0.05, 0) is 30.9 Å². The Morgan fingerprint density at radius 3 is 2.82 bits per heavy atom. The van der Waals surface area contributed by atoms with Gasteiger partial charge >= 0.3 is 0 Å². The second-order valence-corrected chi connectivity index (χ2v) is 8.84. The van der Waals surface area contributed by atoms with E-state index in [0.29, 0.717) is 19.6 Å². The average Bonchev–Trinajstić information content (AvgIpc) is 3.30. The van der Waals surface area contributed by atoms with Crippen molar-refractivity contribution in [2.24, 2.45) is 0 Å². The summed E-state index contributed by atoms with van der Waals surface area (Å²) in [4.78, 5) is 14.7. The summed E-state index contributed by atoms with van der Waals surface area (Å²) in [6, 6.07) is 4.15. The molecule has 0 radical (unpaired) electrons. The second-order valence-electron chi connectivity index (χ2n) is 8.84. The van der Waals surface area contributed by atoms with Crippen LogP contribution in [0.25, 0.3) is 0 Å². The summed E-state index contributed by atoms with van der Waals surface area (Å²) in [7, 11) is 1.68. The highest BCUT2D eigenvalue weighted by molar-refractivity contribution is 5.80. The predicted molar refractivity (Wildman–Crippen MR) is 95.5 cm³/mol. The number of ether oxygens (including phenoxy) is 5. The smallest absolute Gasteiger partial charge is 0.248 e. The molecule has 4 atom stereocenters. The van der Waals surface area contributed by atoms with E-state index in [9.17, 15) is 4.79 Å². The lowest BCUT2D eigenvalue weighted by atomic mass is 9.47. The van der Waals surface area contributed by atoms with Crippen LogP contribution in [0.1, 0.15) is 30.4 Å². The van der Waals surface area contributed by atoms with Gasteiger partial charge in [-0.3, -0.25) is 4.79 Å². The molecule has 4 aliphatic heterocycles. The molecule has 2 aliphatic carbocycles. The van der Waals surface area contributed by atoms with Gasteiger partial charge in [0.15, 0.2) is 17.6 Å². The number of nitrogens with zero attached hydrogens (tertiary/aromatic N) is 1. The highest BCUT2D eigenvalue weighted by Crippen LogP contribution is 2.69. The molecule has 1 amide bonds. The van der Waals surface area contributed by atoms with Crippen LogP contribution in [0.15, 0.2) is 12.1 Å². The number of piperidine rings is 1. The van der Waals surface area contributed by atoms with Crippen LogP contribution in [0.5, 0.6) is 11.5 Å². The number of methoxy groups -OCH3 is 1. The number of carbonyl (C=O) groups is 1. The molecule has 1 saturated carbocycles. The van der Waals surface area contributed by atoms with Crippen LogP contribution in [0, 0.1) is 0 Å². The Hall–Kier alpha value is -1.83. The molecule has 1 aromatic rings. The van der Waals surface area contributed by atoms with Crippen LogP contribution in [0.2, 0.25) is 0 Å². The van der Waals surface area contributed by atoms with Crippen molar-refractivity contribution in [2.75, 3.05) is 33.5 Å². The fraction of sp³-hybridized carbons (Fsp3) is 0.667. The molecule has 3 saturated heterocycles. The molecule has 1 aromatic carbocycles. The zero-order valence-corrected chi connectivity index (χ0v) is 15.9. The lowest BCUT2D eigenvalue weighted by Gasteiger charge is -2.68. The van der Waals surface area contributed by atoms with Crippen LogP contribution in [0.4, 0.5) is 0 Å². The number of benzene rings is 1. The van der Waals surface area contributed by atoms with Gasteiger partial charge in [-0.1, -0.05) is 6.07 Å². The largest absolute Gasteiger partial charge is 0.493 e. The third-order valence-corrected chi connectivity index (χ3v) is 8.18. The van der Waals surface area contributed by atoms with Gasteiger partial charge in [0.25, 0.3) is 0 Å². The van der Waals surface area contributed by atoms with Gasteiger partial charge < -0.3 is 28.6 Å². The Bertz CT molecular complexity index is 910. The SMILES string of the molecule is COc1ccc2c3c1OC1C4(CC[C@]56OCC(=O)N(CC[C@]315)[C@@H]6C2)OCCO4. The van der Waals surface area contributed by atoms with E-state index in [1.54, 1.807) is 7.11 Å². The third-order valence-electron chi connectivity index (χ3n) is 8.18. The summed E-state index contributed by atoms with van der Waals surface area (Å²) < 4.78 is 31.3. The standard InChI is InChI=1S/C21H23NO6/c1-24-13-3-2-12-10-14-20-4-5-21(25-8-9-26-21)18-19(20,16(12)17(13)28-18)6-7-22(14)15(23)11-27-20/h2-3,14,18H,4-11H2,1H3/t14-,18?,19+,20-/m1/s1. The summed E-state index contributed by atoms with van der Waals surface area (Å²) in [5.74, 6) is 0.920. The van der Waals surface area contributed by atoms with Crippen LogP contribution >= 0.6 is 0 Å². The monoisotopic (exact) mass is 385 g/mol. The van der Waals surface area contributed by atoms with Gasteiger partial charge in [-0.15, -0.1) is 0 Å². The summed E-state index contributed by atoms with van der Waals surface area (Å²) >= 11 is 0. The van der Waals surface area contributed by atoms with Crippen molar-refractivity contribution >= 4 is 5.91 Å². The van der Waals surface area contributed by atoms with Gasteiger partial charge in [0.1, 0.15) is 12.2 Å². The molecule has 4 fully saturated rings. The molecule has 4 heterocycles. The second kappa shape index (κ2) is 4.83. The molecular formula is C21H23NO6. The van der Waals surface area contributed by atoms with E-state index in [-0.39, 0.29) is 30.1 Å². The highest BCUT2D eigenvalue weighted by atomic mass is 16.8. The fourth-order valence-corrected chi connectivity index (χ4v) is 7.26. The number of rotatable bonds is 1. The minimum Gasteiger partial charge on any atom is -0.493 e. The van der Waals surface area contributed by atoms with Crippen molar-refractivity contribution in [3.05, 3.63) is 23.3 Å². The molecule has 28 heavy (non-hydrogen) atoms. The average molecular weight is 385 g/mol. The Kier molecular flexibility index (Phi) is 2.76. The number of hydrogen-bond acceptors (Lipinski definition) is 6. The van der Waals surface area contributed by atoms with Crippen molar-refractivity contribution in [3.8, 4) is 11.5 Å². The van der Waals surface area contributed by atoms with Gasteiger partial charge in [0.2, 0.25) is 11.7 Å². The first kappa shape index (κ1) is 16.0. The van der Waals surface area contributed by atoms with E-state index in [1.807, 2.05) is 6.07 Å². The van der Waals surface area contributed by atoms with Crippen molar-refractivity contribution in [1.82, 2.24) is 4.90 Å². The zero-order chi connectivity index (χ0) is 18.7. The van der Waals surface area contributed by atoms with Crippen molar-refractivity contribution in [1.29, 1.82) is 0 Å². The van der Waals surface area contributed by atoms with Crippen LogP contribution in [-0.2, 0) is 30.8 Å². The first-order chi connectivity index (χ1) is 13.7. The van der Waals surface area contributed by atoms with E-state index in [0.717, 1.165) is 37.3 Å². The number of fused-ring (bicyclic) bond motifs is 1. The third kappa shape index (κ3) is 1.46. The summed E-state index contributed by atoms with van der Waals surface area (Å²) in [5, 5.41) is 0. The lowest BCUT2D eigenvalue weighted by molar-refractivity contribution is -0.312. The van der Waals surface area contributed by atoms with E-state index >= 15 is 0 Å². The quantitative estimate of drug-likeness (QED) is 0.723. The van der Waals surface area contributed by atoms with E-state index < -0.39 is 11.4 Å². The maximum Gasteiger partial charge on any atom is 0.248 e. The van der Waals surface area contributed by atoms with Crippen LogP contribution in [-0.4, -0.2) is 67.8 Å². The summed E-state index contributed by atoms with van der Waals surface area (Å²) in [6.07, 6.45) is 2.81. The highest BCUT2D eigenvalue weighted by Gasteiger charge is 2.79. The van der Waals surface area contributed by atoms with Crippen molar-refractivity contribution in [3.63, 3.8) is 0 Å². The topological polar surface area (TPSA) is 66.5 Å². The molecule has 1 unspecified atom stereocenters. The minimum atomic E-state index is -0.749. The predicted octanol–water partition coefficient (Wildman–Crippen LogP) is 1.16. The molecular weight excluding hydrogens is 362 g/mol.